The summed E-state index contributed by atoms with van der Waals surface area (Å²) in [6.45, 7) is 0. The molecule has 0 aliphatic heterocycles. The molecule has 0 spiro atoms. The molecule has 0 saturated carbocycles. The van der Waals surface area contributed by atoms with E-state index in [1.54, 1.807) is 0 Å². The van der Waals surface area contributed by atoms with Gasteiger partial charge in [0.1, 0.15) is 0 Å². The summed E-state index contributed by atoms with van der Waals surface area (Å²) in [6.07, 6.45) is 1.84. The van der Waals surface area contributed by atoms with E-state index in [0.29, 0.717) is 23.5 Å². The van der Waals surface area contributed by atoms with Crippen molar-refractivity contribution >= 4 is 46.4 Å². The first-order valence-electron chi connectivity index (χ1n) is 3.07. The van der Waals surface area contributed by atoms with Crippen molar-refractivity contribution in [1.29, 1.82) is 0 Å². The maximum absolute atomic E-state index is 5.22. The second kappa shape index (κ2) is 16.6. The highest BCUT2D eigenvalue weighted by Gasteiger charge is 1.72. The van der Waals surface area contributed by atoms with Crippen molar-refractivity contribution in [2.24, 2.45) is 0 Å². The lowest BCUT2D eigenvalue weighted by Crippen LogP contribution is -1.70. The van der Waals surface area contributed by atoms with Crippen LogP contribution in [0.1, 0.15) is 12.8 Å². The fourth-order valence-electron chi connectivity index (χ4n) is 0.101. The van der Waals surface area contributed by atoms with Crippen molar-refractivity contribution in [2.75, 3.05) is 23.5 Å². The van der Waals surface area contributed by atoms with Crippen LogP contribution < -0.4 is 0 Å². The van der Waals surface area contributed by atoms with Crippen LogP contribution in [0, 0.1) is 0 Å². The number of hydrogen-bond donors (Lipinski definition) is 0. The summed E-state index contributed by atoms with van der Waals surface area (Å²) >= 11 is 20.9. The second-order valence-corrected chi connectivity index (χ2v) is 2.97. The van der Waals surface area contributed by atoms with E-state index in [0.717, 1.165) is 12.8 Å². The van der Waals surface area contributed by atoms with E-state index in [1.165, 1.54) is 0 Å². The molecule has 64 valence electrons. The topological polar surface area (TPSA) is 0 Å². The molecule has 0 radical (unpaired) electrons. The van der Waals surface area contributed by atoms with Gasteiger partial charge in [-0.15, -0.1) is 46.4 Å². The summed E-state index contributed by atoms with van der Waals surface area (Å²) in [7, 11) is 0. The quantitative estimate of drug-likeness (QED) is 0.641. The Balaban J connectivity index is 0. The van der Waals surface area contributed by atoms with Gasteiger partial charge in [0.05, 0.1) is 0 Å². The molecule has 0 nitrogen and oxygen atoms in total. The van der Waals surface area contributed by atoms with Gasteiger partial charge in [0.25, 0.3) is 0 Å². The van der Waals surface area contributed by atoms with Gasteiger partial charge in [-0.2, -0.15) is 0 Å². The van der Waals surface area contributed by atoms with Crippen molar-refractivity contribution < 1.29 is 0 Å². The minimum Gasteiger partial charge on any atom is -0.127 e. The van der Waals surface area contributed by atoms with Crippen LogP contribution in [0.3, 0.4) is 0 Å². The monoisotopic (exact) mass is 224 g/mol. The third-order valence-corrected chi connectivity index (χ3v) is 1.60. The van der Waals surface area contributed by atoms with Gasteiger partial charge in [-0.3, -0.25) is 0 Å². The molecular weight excluding hydrogens is 214 g/mol. The first-order chi connectivity index (χ1) is 4.83. The molecule has 0 bridgehead atoms. The second-order valence-electron chi connectivity index (χ2n) is 1.46. The van der Waals surface area contributed by atoms with Crippen LogP contribution >= 0.6 is 46.4 Å². The Morgan fingerprint density at radius 1 is 0.500 bits per heavy atom. The molecule has 0 aromatic carbocycles. The van der Waals surface area contributed by atoms with Gasteiger partial charge >= 0.3 is 0 Å². The predicted molar refractivity (Wildman–Crippen MR) is 52.1 cm³/mol. The zero-order chi connectivity index (χ0) is 8.24. The van der Waals surface area contributed by atoms with Crippen molar-refractivity contribution in [2.45, 2.75) is 12.8 Å². The van der Waals surface area contributed by atoms with Crippen molar-refractivity contribution in [1.82, 2.24) is 0 Å². The van der Waals surface area contributed by atoms with Crippen LogP contribution in [0.15, 0.2) is 0 Å². The Hall–Kier alpha value is 1.16. The summed E-state index contributed by atoms with van der Waals surface area (Å²) in [6, 6.07) is 0. The molecule has 0 rings (SSSR count). The van der Waals surface area contributed by atoms with Crippen LogP contribution in [0.2, 0.25) is 0 Å². The molecule has 0 aliphatic carbocycles. The van der Waals surface area contributed by atoms with Gasteiger partial charge in [0.15, 0.2) is 0 Å². The molecular formula is C6H12Cl4. The third kappa shape index (κ3) is 22.9. The highest BCUT2D eigenvalue weighted by Crippen LogP contribution is 1.85. The summed E-state index contributed by atoms with van der Waals surface area (Å²) in [5.74, 6) is 2.74. The average molecular weight is 226 g/mol. The lowest BCUT2D eigenvalue weighted by molar-refractivity contribution is 1.11. The molecule has 0 fully saturated rings. The normalized spacial score (nSPS) is 8.40. The van der Waals surface area contributed by atoms with E-state index in [9.17, 15) is 0 Å². The SMILES string of the molecule is ClCCCCl.ClCCCCl. The van der Waals surface area contributed by atoms with Crippen molar-refractivity contribution in [3.05, 3.63) is 0 Å². The van der Waals surface area contributed by atoms with Gasteiger partial charge in [0, 0.05) is 23.5 Å². The molecule has 0 aromatic heterocycles. The van der Waals surface area contributed by atoms with Crippen molar-refractivity contribution in [3.8, 4) is 0 Å². The fraction of sp³-hybridized carbons (Fsp3) is 1.00. The van der Waals surface area contributed by atoms with Gasteiger partial charge in [0.2, 0.25) is 0 Å². The smallest absolute Gasteiger partial charge is 0.0234 e. The molecule has 0 N–H and O–H groups in total. The fourth-order valence-corrected chi connectivity index (χ4v) is 0.909. The van der Waals surface area contributed by atoms with Crippen LogP contribution in [0.5, 0.6) is 0 Å². The van der Waals surface area contributed by atoms with E-state index in [2.05, 4.69) is 0 Å². The lowest BCUT2D eigenvalue weighted by Gasteiger charge is -1.75. The minimum absolute atomic E-state index is 0.684. The summed E-state index contributed by atoms with van der Waals surface area (Å²) < 4.78 is 0. The average Bonchev–Trinajstić information content (AvgIpc) is 1.93. The largest absolute Gasteiger partial charge is 0.127 e. The number of hydrogen-bond acceptors (Lipinski definition) is 0. The zero-order valence-electron chi connectivity index (χ0n) is 5.75. The third-order valence-electron chi connectivity index (χ3n) is 0.535. The van der Waals surface area contributed by atoms with E-state index < -0.39 is 0 Å². The Kier molecular flexibility index (Phi) is 22.8. The predicted octanol–water partition coefficient (Wildman–Crippen LogP) is 3.71. The molecule has 0 amide bonds. The lowest BCUT2D eigenvalue weighted by atomic mass is 10.6. The molecule has 0 aromatic rings. The van der Waals surface area contributed by atoms with E-state index in [-0.39, 0.29) is 0 Å². The molecule has 0 unspecified atom stereocenters. The molecule has 10 heavy (non-hydrogen) atoms. The van der Waals surface area contributed by atoms with Crippen LogP contribution in [0.4, 0.5) is 0 Å². The first-order valence-corrected chi connectivity index (χ1v) is 5.21. The van der Waals surface area contributed by atoms with Crippen LogP contribution in [0.25, 0.3) is 0 Å². The Morgan fingerprint density at radius 2 is 0.700 bits per heavy atom. The Labute approximate surface area is 82.8 Å². The molecule has 4 heteroatoms. The van der Waals surface area contributed by atoms with Crippen LogP contribution in [-0.2, 0) is 0 Å². The van der Waals surface area contributed by atoms with Gasteiger partial charge in [-0.1, -0.05) is 0 Å². The minimum atomic E-state index is 0.684. The summed E-state index contributed by atoms with van der Waals surface area (Å²) in [4.78, 5) is 0. The van der Waals surface area contributed by atoms with E-state index in [4.69, 9.17) is 46.4 Å². The van der Waals surface area contributed by atoms with Gasteiger partial charge in [-0.05, 0) is 12.8 Å². The zero-order valence-corrected chi connectivity index (χ0v) is 8.78. The molecule has 0 heterocycles. The van der Waals surface area contributed by atoms with E-state index >= 15 is 0 Å². The van der Waals surface area contributed by atoms with Gasteiger partial charge in [-0.25, -0.2) is 0 Å². The Morgan fingerprint density at radius 3 is 0.700 bits per heavy atom. The number of alkyl halides is 4. The summed E-state index contributed by atoms with van der Waals surface area (Å²) in [5.41, 5.74) is 0. The highest BCUT2D eigenvalue weighted by molar-refractivity contribution is 6.20. The number of rotatable bonds is 4. The number of halogens is 4. The maximum Gasteiger partial charge on any atom is 0.0234 e. The highest BCUT2D eigenvalue weighted by atomic mass is 35.5. The molecule has 0 aliphatic rings. The van der Waals surface area contributed by atoms with Crippen LogP contribution in [-0.4, -0.2) is 23.5 Å². The maximum atomic E-state index is 5.22. The first kappa shape index (κ1) is 13.7. The standard InChI is InChI=1S/2C3H6Cl2/c2*4-2-1-3-5/h2*1-3H2. The molecule has 0 atom stereocenters. The molecule has 0 saturated heterocycles. The van der Waals surface area contributed by atoms with Crippen molar-refractivity contribution in [3.63, 3.8) is 0 Å². The Bertz CT molecular complexity index is 30.7. The van der Waals surface area contributed by atoms with E-state index in [1.807, 2.05) is 0 Å². The summed E-state index contributed by atoms with van der Waals surface area (Å²) in [5, 5.41) is 0. The van der Waals surface area contributed by atoms with Gasteiger partial charge < -0.3 is 0 Å².